The van der Waals surface area contributed by atoms with E-state index in [1.54, 1.807) is 0 Å². The summed E-state index contributed by atoms with van der Waals surface area (Å²) in [6, 6.07) is 5.89. The summed E-state index contributed by atoms with van der Waals surface area (Å²) < 4.78 is 2.83. The molecular weight excluding hydrogens is 316 g/mol. The average molecular weight is 335 g/mol. The summed E-state index contributed by atoms with van der Waals surface area (Å²) in [6.45, 7) is 0. The first-order valence-corrected chi connectivity index (χ1v) is 7.91. The summed E-state index contributed by atoms with van der Waals surface area (Å²) in [5.74, 6) is 2.35. The molecule has 0 saturated heterocycles. The van der Waals surface area contributed by atoms with Crippen molar-refractivity contribution >= 4 is 21.6 Å². The van der Waals surface area contributed by atoms with Crippen molar-refractivity contribution in [3.05, 3.63) is 28.5 Å². The first kappa shape index (κ1) is 13.6. The van der Waals surface area contributed by atoms with E-state index in [1.807, 2.05) is 29.9 Å². The van der Waals surface area contributed by atoms with E-state index in [1.165, 1.54) is 32.1 Å². The Hall–Kier alpha value is -1.36. The highest BCUT2D eigenvalue weighted by Gasteiger charge is 2.21. The van der Waals surface area contributed by atoms with Gasteiger partial charge in [0.05, 0.1) is 0 Å². The van der Waals surface area contributed by atoms with E-state index in [0.29, 0.717) is 5.92 Å². The van der Waals surface area contributed by atoms with Crippen molar-refractivity contribution in [1.82, 2.24) is 14.8 Å². The molecule has 106 valence electrons. The lowest BCUT2D eigenvalue weighted by Gasteiger charge is -2.18. The Morgan fingerprint density at radius 1 is 1.25 bits per heavy atom. The highest BCUT2D eigenvalue weighted by Crippen LogP contribution is 2.33. The number of halogens is 1. The maximum Gasteiger partial charge on any atom is 0.160 e. The predicted octanol–water partition coefficient (Wildman–Crippen LogP) is 3.87. The Kier molecular flexibility index (Phi) is 3.78. The molecular formula is C15H19BrN4. The minimum absolute atomic E-state index is 0.514. The van der Waals surface area contributed by atoms with Crippen molar-refractivity contribution in [2.75, 3.05) is 5.73 Å². The molecule has 0 radical (unpaired) electrons. The van der Waals surface area contributed by atoms with Crippen LogP contribution in [0.25, 0.3) is 11.4 Å². The van der Waals surface area contributed by atoms with Gasteiger partial charge in [0.2, 0.25) is 0 Å². The van der Waals surface area contributed by atoms with Gasteiger partial charge >= 0.3 is 0 Å². The maximum atomic E-state index is 6.10. The van der Waals surface area contributed by atoms with Gasteiger partial charge in [-0.2, -0.15) is 5.10 Å². The van der Waals surface area contributed by atoms with Crippen LogP contribution in [0.5, 0.6) is 0 Å². The van der Waals surface area contributed by atoms with Crippen LogP contribution in [0, 0.1) is 0 Å². The summed E-state index contributed by atoms with van der Waals surface area (Å²) in [4.78, 5) is 4.75. The van der Waals surface area contributed by atoms with Gasteiger partial charge in [-0.05, 0) is 31.0 Å². The number of aromatic nitrogens is 3. The predicted molar refractivity (Wildman–Crippen MR) is 84.4 cm³/mol. The number of hydrogen-bond acceptors (Lipinski definition) is 3. The van der Waals surface area contributed by atoms with Crippen molar-refractivity contribution in [2.45, 2.75) is 38.0 Å². The molecule has 20 heavy (non-hydrogen) atoms. The largest absolute Gasteiger partial charge is 0.398 e. The number of nitrogen functional groups attached to an aromatic ring is 1. The third-order valence-electron chi connectivity index (χ3n) is 4.00. The van der Waals surface area contributed by atoms with Crippen LogP contribution in [0.2, 0.25) is 0 Å². The normalized spacial score (nSPS) is 16.5. The van der Waals surface area contributed by atoms with E-state index >= 15 is 0 Å². The molecule has 0 bridgehead atoms. The molecule has 0 aliphatic heterocycles. The molecule has 3 rings (SSSR count). The topological polar surface area (TPSA) is 56.7 Å². The fraction of sp³-hybridized carbons (Fsp3) is 0.467. The van der Waals surface area contributed by atoms with Gasteiger partial charge < -0.3 is 5.73 Å². The second kappa shape index (κ2) is 5.56. The van der Waals surface area contributed by atoms with Crippen LogP contribution in [0.4, 0.5) is 5.69 Å². The molecule has 1 fully saturated rings. The van der Waals surface area contributed by atoms with Crippen LogP contribution < -0.4 is 5.73 Å². The number of anilines is 1. The Labute approximate surface area is 127 Å². The van der Waals surface area contributed by atoms with Gasteiger partial charge in [-0.1, -0.05) is 35.2 Å². The van der Waals surface area contributed by atoms with Crippen LogP contribution in [-0.4, -0.2) is 14.8 Å². The van der Waals surface area contributed by atoms with Gasteiger partial charge in [0.15, 0.2) is 11.6 Å². The smallest absolute Gasteiger partial charge is 0.160 e. The van der Waals surface area contributed by atoms with Crippen LogP contribution in [0.15, 0.2) is 22.7 Å². The lowest BCUT2D eigenvalue weighted by molar-refractivity contribution is 0.427. The van der Waals surface area contributed by atoms with Crippen LogP contribution in [0.3, 0.4) is 0 Å². The van der Waals surface area contributed by atoms with Gasteiger partial charge in [-0.3, -0.25) is 0 Å². The van der Waals surface area contributed by atoms with Crippen LogP contribution in [0.1, 0.15) is 43.8 Å². The van der Waals surface area contributed by atoms with Gasteiger partial charge in [-0.15, -0.1) is 0 Å². The average Bonchev–Trinajstić information content (AvgIpc) is 2.82. The summed E-state index contributed by atoms with van der Waals surface area (Å²) in [5, 5.41) is 4.61. The van der Waals surface area contributed by atoms with Crippen molar-refractivity contribution < 1.29 is 0 Å². The molecule has 1 saturated carbocycles. The van der Waals surface area contributed by atoms with E-state index in [4.69, 9.17) is 10.7 Å². The Morgan fingerprint density at radius 2 is 2.00 bits per heavy atom. The quantitative estimate of drug-likeness (QED) is 0.848. The second-order valence-corrected chi connectivity index (χ2v) is 6.40. The Bertz CT molecular complexity index is 614. The highest BCUT2D eigenvalue weighted by molar-refractivity contribution is 9.10. The molecule has 1 aliphatic rings. The molecule has 2 N–H and O–H groups in total. The summed E-state index contributed by atoms with van der Waals surface area (Å²) >= 11 is 3.43. The van der Waals surface area contributed by atoms with Gasteiger partial charge in [-0.25, -0.2) is 9.67 Å². The fourth-order valence-corrected chi connectivity index (χ4v) is 3.29. The highest BCUT2D eigenvalue weighted by atomic mass is 79.9. The standard InChI is InChI=1S/C15H19BrN4/c1-20-15(12-8-7-11(16)9-13(12)17)18-14(19-20)10-5-3-2-4-6-10/h7-10H,2-6,17H2,1H3. The summed E-state index contributed by atoms with van der Waals surface area (Å²) in [7, 11) is 1.94. The molecule has 1 heterocycles. The number of nitrogens with zero attached hydrogens (tertiary/aromatic N) is 3. The minimum Gasteiger partial charge on any atom is -0.398 e. The number of hydrogen-bond donors (Lipinski definition) is 1. The first-order valence-electron chi connectivity index (χ1n) is 7.11. The lowest BCUT2D eigenvalue weighted by Crippen LogP contribution is -2.06. The molecule has 1 aromatic carbocycles. The molecule has 0 amide bonds. The molecule has 4 nitrogen and oxygen atoms in total. The van der Waals surface area contributed by atoms with Crippen molar-refractivity contribution in [2.24, 2.45) is 7.05 Å². The first-order chi connectivity index (χ1) is 9.65. The monoisotopic (exact) mass is 334 g/mol. The van der Waals surface area contributed by atoms with E-state index in [-0.39, 0.29) is 0 Å². The number of nitrogens with two attached hydrogens (primary N) is 1. The van der Waals surface area contributed by atoms with Gasteiger partial charge in [0.25, 0.3) is 0 Å². The zero-order chi connectivity index (χ0) is 14.1. The zero-order valence-electron chi connectivity index (χ0n) is 11.6. The van der Waals surface area contributed by atoms with Crippen molar-refractivity contribution in [3.8, 4) is 11.4 Å². The van der Waals surface area contributed by atoms with E-state index in [9.17, 15) is 0 Å². The van der Waals surface area contributed by atoms with E-state index in [0.717, 1.165) is 27.4 Å². The third kappa shape index (κ3) is 2.59. The van der Waals surface area contributed by atoms with Crippen LogP contribution >= 0.6 is 15.9 Å². The number of rotatable bonds is 2. The van der Waals surface area contributed by atoms with E-state index in [2.05, 4.69) is 21.0 Å². The fourth-order valence-electron chi connectivity index (χ4n) is 2.91. The van der Waals surface area contributed by atoms with E-state index < -0.39 is 0 Å². The van der Waals surface area contributed by atoms with Crippen molar-refractivity contribution in [3.63, 3.8) is 0 Å². The molecule has 0 unspecified atom stereocenters. The number of benzene rings is 1. The Balaban J connectivity index is 1.95. The van der Waals surface area contributed by atoms with Crippen LogP contribution in [-0.2, 0) is 7.05 Å². The molecule has 0 atom stereocenters. The second-order valence-electron chi connectivity index (χ2n) is 5.48. The number of aryl methyl sites for hydroxylation is 1. The molecule has 2 aromatic rings. The van der Waals surface area contributed by atoms with Gasteiger partial charge in [0, 0.05) is 28.7 Å². The SMILES string of the molecule is Cn1nc(C2CCCCC2)nc1-c1ccc(Br)cc1N. The summed E-state index contributed by atoms with van der Waals surface area (Å²) in [5.41, 5.74) is 7.78. The molecule has 0 spiro atoms. The molecule has 1 aromatic heterocycles. The lowest BCUT2D eigenvalue weighted by atomic mass is 9.89. The molecule has 5 heteroatoms. The van der Waals surface area contributed by atoms with Crippen molar-refractivity contribution in [1.29, 1.82) is 0 Å². The minimum atomic E-state index is 0.514. The Morgan fingerprint density at radius 3 is 2.70 bits per heavy atom. The molecule has 1 aliphatic carbocycles. The zero-order valence-corrected chi connectivity index (χ0v) is 13.2. The van der Waals surface area contributed by atoms with Gasteiger partial charge in [0.1, 0.15) is 0 Å². The maximum absolute atomic E-state index is 6.10. The third-order valence-corrected chi connectivity index (χ3v) is 4.50. The summed E-state index contributed by atoms with van der Waals surface area (Å²) in [6.07, 6.45) is 6.34.